The second kappa shape index (κ2) is 9.17. The molecule has 4 aliphatic rings. The van der Waals surface area contributed by atoms with Crippen LogP contribution in [0.3, 0.4) is 0 Å². The number of aliphatic hydroxyl groups excluding tert-OH is 1. The summed E-state index contributed by atoms with van der Waals surface area (Å²) in [4.78, 5) is 0. The summed E-state index contributed by atoms with van der Waals surface area (Å²) in [6.45, 7) is 9.45. The Labute approximate surface area is 194 Å². The van der Waals surface area contributed by atoms with E-state index < -0.39 is 26.7 Å². The summed E-state index contributed by atoms with van der Waals surface area (Å²) >= 11 is 0. The quantitative estimate of drug-likeness (QED) is 0.453. The van der Waals surface area contributed by atoms with Crippen molar-refractivity contribution >= 4 is 9.84 Å². The van der Waals surface area contributed by atoms with Crippen molar-refractivity contribution in [3.05, 3.63) is 22.8 Å². The predicted octanol–water partition coefficient (Wildman–Crippen LogP) is 6.53. The van der Waals surface area contributed by atoms with Gasteiger partial charge in [0, 0.05) is 0 Å². The molecule has 1 heterocycles. The number of rotatable bonds is 6. The molecule has 5 heteroatoms. The first kappa shape index (κ1) is 24.4. The summed E-state index contributed by atoms with van der Waals surface area (Å²) in [5.41, 5.74) is 0.707. The van der Waals surface area contributed by atoms with Crippen LogP contribution in [-0.4, -0.2) is 30.4 Å². The van der Waals surface area contributed by atoms with Crippen LogP contribution < -0.4 is 0 Å². The molecular weight excluding hydrogens is 423 g/mol. The van der Waals surface area contributed by atoms with Crippen molar-refractivity contribution in [2.75, 3.05) is 0 Å². The van der Waals surface area contributed by atoms with Gasteiger partial charge in [0.15, 0.2) is 9.84 Å². The van der Waals surface area contributed by atoms with Crippen LogP contribution >= 0.6 is 0 Å². The van der Waals surface area contributed by atoms with E-state index in [1.807, 2.05) is 6.08 Å². The first-order valence-electron chi connectivity index (χ1n) is 13.0. The molecule has 0 aromatic heterocycles. The van der Waals surface area contributed by atoms with E-state index in [4.69, 9.17) is 0 Å². The maximum atomic E-state index is 14.9. The lowest BCUT2D eigenvalue weighted by Gasteiger charge is -2.44. The van der Waals surface area contributed by atoms with E-state index in [1.54, 1.807) is 0 Å². The Bertz CT molecular complexity index is 873. The number of halogens is 1. The standard InChI is InChI=1S/C27H43FO3S/c1-17(2)7-5-8-18(3)23-12-13-24-19(9-6-14-27(23,24)4)15-25-22-16-20(29)10-11-21(22)26(28)32(25,30)31/h15,17-18,20,23-26,29H,5-14,16H2,1-4H3/b19-15+/t18-,20+,23-,24+,25?,26-,27-/m1/s1. The highest BCUT2D eigenvalue weighted by Gasteiger charge is 2.52. The highest BCUT2D eigenvalue weighted by molar-refractivity contribution is 7.93. The summed E-state index contributed by atoms with van der Waals surface area (Å²) in [7, 11) is -3.90. The number of alkyl halides is 1. The van der Waals surface area contributed by atoms with Crippen molar-refractivity contribution in [1.29, 1.82) is 0 Å². The topological polar surface area (TPSA) is 54.4 Å². The van der Waals surface area contributed by atoms with E-state index in [1.165, 1.54) is 37.7 Å². The van der Waals surface area contributed by atoms with Gasteiger partial charge in [0.2, 0.25) is 5.50 Å². The molecule has 1 unspecified atom stereocenters. The van der Waals surface area contributed by atoms with Crippen molar-refractivity contribution in [3.8, 4) is 0 Å². The summed E-state index contributed by atoms with van der Waals surface area (Å²) in [5.74, 6) is 2.55. The molecule has 2 saturated carbocycles. The van der Waals surface area contributed by atoms with Gasteiger partial charge < -0.3 is 5.11 Å². The Kier molecular flexibility index (Phi) is 7.00. The Morgan fingerprint density at radius 2 is 1.88 bits per heavy atom. The Hall–Kier alpha value is -0.680. The number of sulfone groups is 1. The summed E-state index contributed by atoms with van der Waals surface area (Å²) in [5, 5.41) is 9.30. The average molecular weight is 467 g/mol. The predicted molar refractivity (Wildman–Crippen MR) is 129 cm³/mol. The molecule has 0 spiro atoms. The van der Waals surface area contributed by atoms with Crippen LogP contribution in [0.1, 0.15) is 98.3 Å². The van der Waals surface area contributed by atoms with Crippen LogP contribution in [0, 0.1) is 29.1 Å². The van der Waals surface area contributed by atoms with Crippen molar-refractivity contribution in [1.82, 2.24) is 0 Å². The van der Waals surface area contributed by atoms with Gasteiger partial charge in [-0.15, -0.1) is 0 Å². The Morgan fingerprint density at radius 3 is 2.59 bits per heavy atom. The average Bonchev–Trinajstić information content (AvgIpc) is 3.16. The number of allylic oxidation sites excluding steroid dienone is 1. The van der Waals surface area contributed by atoms with Crippen LogP contribution in [0.25, 0.3) is 0 Å². The molecule has 0 amide bonds. The highest BCUT2D eigenvalue weighted by atomic mass is 32.2. The lowest BCUT2D eigenvalue weighted by Crippen LogP contribution is -2.36. The van der Waals surface area contributed by atoms with Crippen LogP contribution in [0.15, 0.2) is 22.8 Å². The molecule has 0 aromatic carbocycles. The van der Waals surface area contributed by atoms with Gasteiger partial charge in [-0.05, 0) is 91.6 Å². The first-order valence-corrected chi connectivity index (χ1v) is 14.6. The van der Waals surface area contributed by atoms with Crippen LogP contribution in [0.4, 0.5) is 4.39 Å². The van der Waals surface area contributed by atoms with Crippen molar-refractivity contribution in [3.63, 3.8) is 0 Å². The Morgan fingerprint density at radius 1 is 1.12 bits per heavy atom. The van der Waals surface area contributed by atoms with E-state index in [0.29, 0.717) is 48.2 Å². The normalized spacial score (nSPS) is 41.2. The van der Waals surface area contributed by atoms with Gasteiger partial charge in [-0.3, -0.25) is 0 Å². The lowest BCUT2D eigenvalue weighted by molar-refractivity contribution is 0.0926. The molecule has 1 N–H and O–H groups in total. The number of aliphatic hydroxyl groups is 1. The molecule has 0 saturated heterocycles. The number of hydrogen-bond donors (Lipinski definition) is 1. The SMILES string of the molecule is CC(C)CCC[C@@H](C)[C@H]1CC[C@H]2/C(=C/C3C4=C(CC[C@H](O)C4)[C@H](F)S3(=O)=O)CCC[C@]12C. The van der Waals surface area contributed by atoms with Crippen molar-refractivity contribution < 1.29 is 17.9 Å². The molecule has 7 atom stereocenters. The second-order valence-electron chi connectivity index (χ2n) is 11.9. The molecule has 3 aliphatic carbocycles. The second-order valence-corrected chi connectivity index (χ2v) is 14.0. The van der Waals surface area contributed by atoms with Gasteiger partial charge in [0.25, 0.3) is 0 Å². The lowest BCUT2D eigenvalue weighted by atomic mass is 9.60. The molecule has 2 fully saturated rings. The van der Waals surface area contributed by atoms with E-state index in [-0.39, 0.29) is 5.41 Å². The molecule has 0 bridgehead atoms. The van der Waals surface area contributed by atoms with E-state index in [9.17, 15) is 17.9 Å². The fourth-order valence-corrected chi connectivity index (χ4v) is 9.64. The minimum Gasteiger partial charge on any atom is -0.393 e. The molecule has 0 radical (unpaired) electrons. The first-order chi connectivity index (χ1) is 15.1. The van der Waals surface area contributed by atoms with Gasteiger partial charge >= 0.3 is 0 Å². The minimum atomic E-state index is -3.90. The van der Waals surface area contributed by atoms with E-state index >= 15 is 0 Å². The van der Waals surface area contributed by atoms with E-state index in [2.05, 4.69) is 27.7 Å². The molecule has 0 aromatic rings. The van der Waals surface area contributed by atoms with Gasteiger partial charge in [0.1, 0.15) is 5.25 Å². The van der Waals surface area contributed by atoms with Gasteiger partial charge in [0.05, 0.1) is 6.10 Å². The highest BCUT2D eigenvalue weighted by Crippen LogP contribution is 2.60. The zero-order valence-electron chi connectivity index (χ0n) is 20.4. The zero-order valence-corrected chi connectivity index (χ0v) is 21.3. The molecule has 3 nitrogen and oxygen atoms in total. The maximum Gasteiger partial charge on any atom is 0.223 e. The zero-order chi connectivity index (χ0) is 23.3. The molecule has 182 valence electrons. The monoisotopic (exact) mass is 466 g/mol. The van der Waals surface area contributed by atoms with Crippen LogP contribution in [-0.2, 0) is 9.84 Å². The van der Waals surface area contributed by atoms with Crippen molar-refractivity contribution in [2.24, 2.45) is 29.1 Å². The van der Waals surface area contributed by atoms with Crippen LogP contribution in [0.5, 0.6) is 0 Å². The fraction of sp³-hybridized carbons (Fsp3) is 0.852. The third kappa shape index (κ3) is 4.26. The largest absolute Gasteiger partial charge is 0.393 e. The third-order valence-corrected chi connectivity index (χ3v) is 11.4. The van der Waals surface area contributed by atoms with E-state index in [0.717, 1.165) is 25.2 Å². The van der Waals surface area contributed by atoms with Gasteiger partial charge in [-0.25, -0.2) is 12.8 Å². The smallest absolute Gasteiger partial charge is 0.223 e. The summed E-state index contributed by atoms with van der Waals surface area (Å²) in [6, 6.07) is 0. The summed E-state index contributed by atoms with van der Waals surface area (Å²) in [6.07, 6.45) is 12.0. The summed E-state index contributed by atoms with van der Waals surface area (Å²) < 4.78 is 40.9. The van der Waals surface area contributed by atoms with Gasteiger partial charge in [-0.2, -0.15) is 0 Å². The van der Waals surface area contributed by atoms with Crippen molar-refractivity contribution in [2.45, 2.75) is 115 Å². The molecule has 1 aliphatic heterocycles. The number of hydrogen-bond acceptors (Lipinski definition) is 3. The number of fused-ring (bicyclic) bond motifs is 1. The third-order valence-electron chi connectivity index (χ3n) is 9.41. The Balaban J connectivity index is 1.57. The maximum absolute atomic E-state index is 14.9. The fourth-order valence-electron chi connectivity index (χ4n) is 7.71. The molecular formula is C27H43FO3S. The molecule has 32 heavy (non-hydrogen) atoms. The molecule has 4 rings (SSSR count). The van der Waals surface area contributed by atoms with Gasteiger partial charge in [-0.1, -0.05) is 58.6 Å². The minimum absolute atomic E-state index is 0.224. The van der Waals surface area contributed by atoms with Crippen LogP contribution in [0.2, 0.25) is 0 Å².